The van der Waals surface area contributed by atoms with E-state index in [1.54, 1.807) is 13.3 Å². The Bertz CT molecular complexity index is 720. The molecule has 4 heteroatoms. The highest BCUT2D eigenvalue weighted by molar-refractivity contribution is 5.98. The van der Waals surface area contributed by atoms with Gasteiger partial charge >= 0.3 is 5.97 Å². The van der Waals surface area contributed by atoms with E-state index >= 15 is 0 Å². The van der Waals surface area contributed by atoms with E-state index in [0.29, 0.717) is 11.5 Å². The summed E-state index contributed by atoms with van der Waals surface area (Å²) in [5, 5.41) is 0. The van der Waals surface area contributed by atoms with Gasteiger partial charge in [-0.05, 0) is 49.4 Å². The Kier molecular flexibility index (Phi) is 3.84. The Labute approximate surface area is 130 Å². The molecule has 0 saturated heterocycles. The average molecular weight is 297 g/mol. The number of aryl methyl sites for hydroxylation is 1. The summed E-state index contributed by atoms with van der Waals surface area (Å²) in [6.45, 7) is 1.90. The molecule has 0 radical (unpaired) electrons. The van der Waals surface area contributed by atoms with Crippen LogP contribution in [0.5, 0.6) is 5.75 Å². The van der Waals surface area contributed by atoms with Crippen molar-refractivity contribution in [2.75, 3.05) is 14.2 Å². The summed E-state index contributed by atoms with van der Waals surface area (Å²) in [6, 6.07) is 8.10. The zero-order valence-corrected chi connectivity index (χ0v) is 13.1. The van der Waals surface area contributed by atoms with Crippen molar-refractivity contribution < 1.29 is 14.3 Å². The summed E-state index contributed by atoms with van der Waals surface area (Å²) in [5.41, 5.74) is 4.32. The highest BCUT2D eigenvalue weighted by Gasteiger charge is 2.25. The number of aromatic nitrogens is 1. The van der Waals surface area contributed by atoms with Gasteiger partial charge in [0.1, 0.15) is 5.75 Å². The number of esters is 1. The maximum atomic E-state index is 12.0. The van der Waals surface area contributed by atoms with Crippen molar-refractivity contribution in [2.45, 2.75) is 25.7 Å². The second-order valence-electron chi connectivity index (χ2n) is 5.60. The quantitative estimate of drug-likeness (QED) is 0.807. The third-order valence-electron chi connectivity index (χ3n) is 4.01. The SMILES string of the molecule is COC(=O)c1cnc(C)cc1-c1cc(C2CC2)ccc1OC. The van der Waals surface area contributed by atoms with E-state index < -0.39 is 0 Å². The lowest BCUT2D eigenvalue weighted by Crippen LogP contribution is -2.06. The molecule has 1 heterocycles. The molecule has 1 aromatic carbocycles. The average Bonchev–Trinajstić information content (AvgIpc) is 3.38. The van der Waals surface area contributed by atoms with Gasteiger partial charge in [-0.3, -0.25) is 4.98 Å². The zero-order chi connectivity index (χ0) is 15.7. The molecule has 1 saturated carbocycles. The second-order valence-corrected chi connectivity index (χ2v) is 5.60. The molecule has 0 atom stereocenters. The molecule has 0 unspecified atom stereocenters. The summed E-state index contributed by atoms with van der Waals surface area (Å²) in [4.78, 5) is 16.3. The summed E-state index contributed by atoms with van der Waals surface area (Å²) in [5.74, 6) is 0.996. The third-order valence-corrected chi connectivity index (χ3v) is 4.01. The highest BCUT2D eigenvalue weighted by atomic mass is 16.5. The van der Waals surface area contributed by atoms with Crippen LogP contribution in [0.15, 0.2) is 30.5 Å². The Morgan fingerprint density at radius 1 is 1.18 bits per heavy atom. The van der Waals surface area contributed by atoms with Crippen LogP contribution in [0.25, 0.3) is 11.1 Å². The van der Waals surface area contributed by atoms with E-state index in [2.05, 4.69) is 17.1 Å². The summed E-state index contributed by atoms with van der Waals surface area (Å²) in [7, 11) is 3.02. The second kappa shape index (κ2) is 5.79. The molecule has 3 rings (SSSR count). The van der Waals surface area contributed by atoms with Gasteiger partial charge in [-0.25, -0.2) is 4.79 Å². The molecular weight excluding hydrogens is 278 g/mol. The number of hydrogen-bond acceptors (Lipinski definition) is 4. The fourth-order valence-electron chi connectivity index (χ4n) is 2.66. The number of ether oxygens (including phenoxy) is 2. The Morgan fingerprint density at radius 2 is 1.95 bits per heavy atom. The van der Waals surface area contributed by atoms with E-state index in [-0.39, 0.29) is 5.97 Å². The molecule has 0 spiro atoms. The fraction of sp³-hybridized carbons (Fsp3) is 0.333. The van der Waals surface area contributed by atoms with E-state index in [1.807, 2.05) is 19.1 Å². The standard InChI is InChI=1S/C18H19NO3/c1-11-8-14(16(10-19-11)18(20)22-3)15-9-13(12-4-5-12)6-7-17(15)21-2/h6-10,12H,4-5H2,1-3H3. The lowest BCUT2D eigenvalue weighted by Gasteiger charge is -2.14. The summed E-state index contributed by atoms with van der Waals surface area (Å²) >= 11 is 0. The van der Waals surface area contributed by atoms with Crippen molar-refractivity contribution >= 4 is 5.97 Å². The third kappa shape index (κ3) is 2.69. The molecule has 1 aliphatic rings. The van der Waals surface area contributed by atoms with Gasteiger partial charge in [-0.1, -0.05) is 6.07 Å². The van der Waals surface area contributed by atoms with Crippen LogP contribution < -0.4 is 4.74 Å². The minimum atomic E-state index is -0.388. The van der Waals surface area contributed by atoms with Crippen LogP contribution in [0.1, 0.15) is 40.4 Å². The molecule has 0 amide bonds. The molecule has 1 aromatic heterocycles. The lowest BCUT2D eigenvalue weighted by molar-refractivity contribution is 0.0601. The molecule has 0 bridgehead atoms. The van der Waals surface area contributed by atoms with Crippen LogP contribution in [-0.4, -0.2) is 25.2 Å². The maximum Gasteiger partial charge on any atom is 0.340 e. The number of methoxy groups -OCH3 is 2. The number of benzene rings is 1. The Morgan fingerprint density at radius 3 is 2.59 bits per heavy atom. The van der Waals surface area contributed by atoms with Crippen molar-refractivity contribution in [3.63, 3.8) is 0 Å². The van der Waals surface area contributed by atoms with E-state index in [1.165, 1.54) is 25.5 Å². The van der Waals surface area contributed by atoms with Crippen LogP contribution in [0.3, 0.4) is 0 Å². The van der Waals surface area contributed by atoms with Crippen LogP contribution in [0.2, 0.25) is 0 Å². The van der Waals surface area contributed by atoms with Gasteiger partial charge in [0, 0.05) is 23.0 Å². The van der Waals surface area contributed by atoms with E-state index in [0.717, 1.165) is 22.6 Å². The van der Waals surface area contributed by atoms with Crippen LogP contribution in [0.4, 0.5) is 0 Å². The van der Waals surface area contributed by atoms with Crippen molar-refractivity contribution in [2.24, 2.45) is 0 Å². The summed E-state index contributed by atoms with van der Waals surface area (Å²) in [6.07, 6.45) is 4.02. The molecule has 2 aromatic rings. The zero-order valence-electron chi connectivity index (χ0n) is 13.1. The first-order valence-electron chi connectivity index (χ1n) is 7.37. The molecule has 22 heavy (non-hydrogen) atoms. The lowest BCUT2D eigenvalue weighted by atomic mass is 9.96. The highest BCUT2D eigenvalue weighted by Crippen LogP contribution is 2.43. The number of hydrogen-bond donors (Lipinski definition) is 0. The van der Waals surface area contributed by atoms with Crippen molar-refractivity contribution in [1.29, 1.82) is 0 Å². The molecule has 1 aliphatic carbocycles. The minimum absolute atomic E-state index is 0.388. The van der Waals surface area contributed by atoms with Gasteiger partial charge in [-0.15, -0.1) is 0 Å². The smallest absolute Gasteiger partial charge is 0.340 e. The van der Waals surface area contributed by atoms with Gasteiger partial charge < -0.3 is 9.47 Å². The number of rotatable bonds is 4. The van der Waals surface area contributed by atoms with Crippen LogP contribution >= 0.6 is 0 Å². The number of carbonyl (C=O) groups is 1. The molecule has 1 fully saturated rings. The topological polar surface area (TPSA) is 48.4 Å². The summed E-state index contributed by atoms with van der Waals surface area (Å²) < 4.78 is 10.4. The van der Waals surface area contributed by atoms with Crippen molar-refractivity contribution in [1.82, 2.24) is 4.98 Å². The first kappa shape index (κ1) is 14.6. The van der Waals surface area contributed by atoms with Gasteiger partial charge in [0.2, 0.25) is 0 Å². The number of nitrogens with zero attached hydrogens (tertiary/aromatic N) is 1. The first-order valence-corrected chi connectivity index (χ1v) is 7.37. The minimum Gasteiger partial charge on any atom is -0.496 e. The van der Waals surface area contributed by atoms with Gasteiger partial charge in [0.25, 0.3) is 0 Å². The van der Waals surface area contributed by atoms with Gasteiger partial charge in [0.15, 0.2) is 0 Å². The molecular formula is C18H19NO3. The van der Waals surface area contributed by atoms with Crippen molar-refractivity contribution in [3.8, 4) is 16.9 Å². The van der Waals surface area contributed by atoms with Crippen LogP contribution in [-0.2, 0) is 4.74 Å². The predicted octanol–water partition coefficient (Wildman–Crippen LogP) is 3.73. The molecule has 114 valence electrons. The number of carbonyl (C=O) groups excluding carboxylic acids is 1. The maximum absolute atomic E-state index is 12.0. The molecule has 4 nitrogen and oxygen atoms in total. The first-order chi connectivity index (χ1) is 10.6. The van der Waals surface area contributed by atoms with E-state index in [4.69, 9.17) is 9.47 Å². The molecule has 0 N–H and O–H groups in total. The van der Waals surface area contributed by atoms with E-state index in [9.17, 15) is 4.79 Å². The largest absolute Gasteiger partial charge is 0.496 e. The monoisotopic (exact) mass is 297 g/mol. The van der Waals surface area contributed by atoms with Gasteiger partial charge in [0.05, 0.1) is 19.8 Å². The normalized spacial score (nSPS) is 13.8. The number of pyridine rings is 1. The predicted molar refractivity (Wildman–Crippen MR) is 84.3 cm³/mol. The fourth-order valence-corrected chi connectivity index (χ4v) is 2.66. The Hall–Kier alpha value is -2.36. The van der Waals surface area contributed by atoms with Gasteiger partial charge in [-0.2, -0.15) is 0 Å². The molecule has 0 aliphatic heterocycles. The van der Waals surface area contributed by atoms with Crippen molar-refractivity contribution in [3.05, 3.63) is 47.3 Å². The Balaban J connectivity index is 2.18. The van der Waals surface area contributed by atoms with Crippen LogP contribution in [0, 0.1) is 6.92 Å².